The zero-order valence-corrected chi connectivity index (χ0v) is 18.8. The molecule has 0 aromatic heterocycles. The third-order valence-corrected chi connectivity index (χ3v) is 5.49. The molecule has 3 rings (SSSR count). The van der Waals surface area contributed by atoms with Gasteiger partial charge in [0.1, 0.15) is 6.29 Å². The van der Waals surface area contributed by atoms with Crippen LogP contribution in [-0.4, -0.2) is 24.8 Å². The van der Waals surface area contributed by atoms with Crippen molar-refractivity contribution in [3.63, 3.8) is 0 Å². The highest BCUT2D eigenvalue weighted by Crippen LogP contribution is 2.32. The number of anilines is 1. The molecule has 3 aromatic rings. The van der Waals surface area contributed by atoms with Crippen LogP contribution in [-0.2, 0) is 17.4 Å². The molecule has 1 unspecified atom stereocenters. The minimum absolute atomic E-state index is 0.153. The molecule has 0 aliphatic carbocycles. The number of benzene rings is 3. The third-order valence-electron chi connectivity index (χ3n) is 5.49. The largest absolute Gasteiger partial charge is 0.416 e. The van der Waals surface area contributed by atoms with Crippen LogP contribution in [0.4, 0.5) is 18.9 Å². The molecule has 7 heteroatoms. The van der Waals surface area contributed by atoms with Gasteiger partial charge in [0.05, 0.1) is 17.2 Å². The molecule has 0 heterocycles. The highest BCUT2D eigenvalue weighted by molar-refractivity contribution is 6.01. The second-order valence-corrected chi connectivity index (χ2v) is 9.07. The predicted octanol–water partition coefficient (Wildman–Crippen LogP) is 5.86. The van der Waals surface area contributed by atoms with E-state index in [9.17, 15) is 22.8 Å². The molecule has 0 aliphatic heterocycles. The van der Waals surface area contributed by atoms with E-state index in [0.29, 0.717) is 19.3 Å². The molecule has 0 saturated carbocycles. The molecular weight excluding hydrogens is 429 g/mol. The maximum atomic E-state index is 13.3. The van der Waals surface area contributed by atoms with Crippen molar-refractivity contribution < 1.29 is 22.8 Å². The summed E-state index contributed by atoms with van der Waals surface area (Å²) in [6.07, 6.45) is -3.38. The predicted molar refractivity (Wildman–Crippen MR) is 124 cm³/mol. The molecule has 1 atom stereocenters. The van der Waals surface area contributed by atoms with Crippen LogP contribution in [0.15, 0.2) is 60.7 Å². The highest BCUT2D eigenvalue weighted by Gasteiger charge is 2.33. The van der Waals surface area contributed by atoms with E-state index in [0.717, 1.165) is 28.5 Å². The Bertz CT molecular complexity index is 1150. The van der Waals surface area contributed by atoms with Gasteiger partial charge in [-0.2, -0.15) is 13.2 Å². The average molecular weight is 457 g/mol. The van der Waals surface area contributed by atoms with Crippen LogP contribution in [0, 0.1) is 5.41 Å². The first kappa shape index (κ1) is 24.3. The first-order chi connectivity index (χ1) is 15.5. The average Bonchev–Trinajstić information content (AvgIpc) is 2.75. The van der Waals surface area contributed by atoms with Crippen LogP contribution in [0.25, 0.3) is 10.8 Å². The summed E-state index contributed by atoms with van der Waals surface area (Å²) in [4.78, 5) is 24.3. The fraction of sp³-hybridized carbons (Fsp3) is 0.308. The summed E-state index contributed by atoms with van der Waals surface area (Å²) in [6, 6.07) is 16.2. The van der Waals surface area contributed by atoms with Gasteiger partial charge in [0.15, 0.2) is 0 Å². The van der Waals surface area contributed by atoms with E-state index < -0.39 is 29.1 Å². The van der Waals surface area contributed by atoms with Crippen molar-refractivity contribution in [3.8, 4) is 0 Å². The lowest BCUT2D eigenvalue weighted by atomic mass is 9.87. The first-order valence-electron chi connectivity index (χ1n) is 10.7. The molecule has 0 saturated heterocycles. The summed E-state index contributed by atoms with van der Waals surface area (Å²) in [5.74, 6) is -0.735. The maximum Gasteiger partial charge on any atom is 0.416 e. The minimum atomic E-state index is -4.59. The van der Waals surface area contributed by atoms with E-state index in [2.05, 4.69) is 16.7 Å². The molecular formula is C26H27F3N2O2. The molecule has 0 spiro atoms. The zero-order chi connectivity index (χ0) is 24.2. The SMILES string of the molecule is CC(C)(C)C(C=O)NC(=O)c1cc(C(F)(F)F)ccc1NCCc1ccc2ccccc2c1. The van der Waals surface area contributed by atoms with Crippen molar-refractivity contribution in [2.45, 2.75) is 39.4 Å². The lowest BCUT2D eigenvalue weighted by Gasteiger charge is -2.27. The number of hydrogen-bond donors (Lipinski definition) is 2. The monoisotopic (exact) mass is 456 g/mol. The van der Waals surface area contributed by atoms with Crippen molar-refractivity contribution in [1.82, 2.24) is 5.32 Å². The second kappa shape index (κ2) is 9.65. The topological polar surface area (TPSA) is 58.2 Å². The van der Waals surface area contributed by atoms with Crippen LogP contribution in [0.1, 0.15) is 42.3 Å². The normalized spacial score (nSPS) is 12.9. The van der Waals surface area contributed by atoms with Crippen LogP contribution >= 0.6 is 0 Å². The van der Waals surface area contributed by atoms with Gasteiger partial charge in [-0.25, -0.2) is 0 Å². The Labute approximate surface area is 191 Å². The summed E-state index contributed by atoms with van der Waals surface area (Å²) in [7, 11) is 0. The summed E-state index contributed by atoms with van der Waals surface area (Å²) in [6.45, 7) is 5.71. The van der Waals surface area contributed by atoms with Gasteiger partial charge >= 0.3 is 6.18 Å². The van der Waals surface area contributed by atoms with Crippen molar-refractivity contribution in [2.24, 2.45) is 5.41 Å². The molecule has 1 amide bonds. The molecule has 33 heavy (non-hydrogen) atoms. The van der Waals surface area contributed by atoms with Crippen LogP contribution in [0.2, 0.25) is 0 Å². The van der Waals surface area contributed by atoms with E-state index >= 15 is 0 Å². The number of fused-ring (bicyclic) bond motifs is 1. The van der Waals surface area contributed by atoms with Crippen molar-refractivity contribution in [1.29, 1.82) is 0 Å². The number of carbonyl (C=O) groups excluding carboxylic acids is 2. The van der Waals surface area contributed by atoms with E-state index in [1.807, 2.05) is 36.4 Å². The molecule has 3 aromatic carbocycles. The number of halogens is 3. The van der Waals surface area contributed by atoms with Gasteiger partial charge in [-0.15, -0.1) is 0 Å². The molecule has 0 bridgehead atoms. The van der Waals surface area contributed by atoms with E-state index in [1.165, 1.54) is 6.07 Å². The molecule has 0 radical (unpaired) electrons. The number of aldehydes is 1. The Kier molecular flexibility index (Phi) is 7.10. The molecule has 0 aliphatic rings. The van der Waals surface area contributed by atoms with Crippen LogP contribution in [0.3, 0.4) is 0 Å². The summed E-state index contributed by atoms with van der Waals surface area (Å²) in [5, 5.41) is 7.87. The van der Waals surface area contributed by atoms with Crippen molar-refractivity contribution in [3.05, 3.63) is 77.4 Å². The van der Waals surface area contributed by atoms with Gasteiger partial charge in [-0.1, -0.05) is 63.2 Å². The Morgan fingerprint density at radius 3 is 2.30 bits per heavy atom. The maximum absolute atomic E-state index is 13.3. The minimum Gasteiger partial charge on any atom is -0.384 e. The first-order valence-corrected chi connectivity index (χ1v) is 10.7. The number of carbonyl (C=O) groups is 2. The fourth-order valence-electron chi connectivity index (χ4n) is 3.47. The standard InChI is InChI=1S/C26H27F3N2O2/c1-25(2,3)23(16-32)31-24(33)21-15-20(26(27,28)29)10-11-22(21)30-13-12-17-8-9-18-6-4-5-7-19(18)14-17/h4-11,14-16,23,30H,12-13H2,1-3H3,(H,31,33). The number of nitrogens with one attached hydrogen (secondary N) is 2. The van der Waals surface area contributed by atoms with E-state index in [1.54, 1.807) is 20.8 Å². The number of amides is 1. The third kappa shape index (κ3) is 6.12. The van der Waals surface area contributed by atoms with Gasteiger partial charge < -0.3 is 15.4 Å². The number of alkyl halides is 3. The van der Waals surface area contributed by atoms with Crippen molar-refractivity contribution in [2.75, 3.05) is 11.9 Å². The quantitative estimate of drug-likeness (QED) is 0.438. The van der Waals surface area contributed by atoms with Gasteiger partial charge in [-0.3, -0.25) is 4.79 Å². The molecule has 174 valence electrons. The van der Waals surface area contributed by atoms with Crippen molar-refractivity contribution >= 4 is 28.7 Å². The number of hydrogen-bond acceptors (Lipinski definition) is 3. The Hall–Kier alpha value is -3.35. The number of rotatable bonds is 7. The van der Waals surface area contributed by atoms with Gasteiger partial charge in [-0.05, 0) is 46.4 Å². The Morgan fingerprint density at radius 2 is 1.67 bits per heavy atom. The lowest BCUT2D eigenvalue weighted by Crippen LogP contribution is -2.45. The molecule has 4 nitrogen and oxygen atoms in total. The van der Waals surface area contributed by atoms with Gasteiger partial charge in [0.2, 0.25) is 0 Å². The van der Waals surface area contributed by atoms with Crippen LogP contribution in [0.5, 0.6) is 0 Å². The summed E-state index contributed by atoms with van der Waals surface area (Å²) < 4.78 is 39.8. The van der Waals surface area contributed by atoms with Gasteiger partial charge in [0, 0.05) is 12.2 Å². The molecule has 0 fully saturated rings. The summed E-state index contributed by atoms with van der Waals surface area (Å²) in [5.41, 5.74) is -0.318. The lowest BCUT2D eigenvalue weighted by molar-refractivity contribution is -0.137. The Balaban J connectivity index is 1.80. The van der Waals surface area contributed by atoms with Gasteiger partial charge in [0.25, 0.3) is 5.91 Å². The summed E-state index contributed by atoms with van der Waals surface area (Å²) >= 11 is 0. The fourth-order valence-corrected chi connectivity index (χ4v) is 3.47. The van der Waals surface area contributed by atoms with E-state index in [4.69, 9.17) is 0 Å². The Morgan fingerprint density at radius 1 is 0.970 bits per heavy atom. The molecule has 2 N–H and O–H groups in total. The highest BCUT2D eigenvalue weighted by atomic mass is 19.4. The zero-order valence-electron chi connectivity index (χ0n) is 18.8. The van der Waals surface area contributed by atoms with E-state index in [-0.39, 0.29) is 11.3 Å². The van der Waals surface area contributed by atoms with Crippen LogP contribution < -0.4 is 10.6 Å². The smallest absolute Gasteiger partial charge is 0.384 e. The second-order valence-electron chi connectivity index (χ2n) is 9.07.